The molecule has 1 aliphatic heterocycles. The van der Waals surface area contributed by atoms with Gasteiger partial charge in [0.1, 0.15) is 6.61 Å². The van der Waals surface area contributed by atoms with Crippen LogP contribution in [0.4, 0.5) is 5.69 Å². The van der Waals surface area contributed by atoms with Crippen molar-refractivity contribution in [3.63, 3.8) is 0 Å². The number of benzene rings is 1. The van der Waals surface area contributed by atoms with E-state index < -0.39 is 0 Å². The molecule has 2 nitrogen and oxygen atoms in total. The Hall–Kier alpha value is -1.02. The van der Waals surface area contributed by atoms with E-state index in [1.165, 1.54) is 5.56 Å². The number of aryl methyl sites for hydroxylation is 1. The normalized spacial score (nSPS) is 21.2. The minimum Gasteiger partial charge on any atom is -0.380 e. The van der Waals surface area contributed by atoms with E-state index in [4.69, 9.17) is 0 Å². The fourth-order valence-electron chi connectivity index (χ4n) is 1.63. The number of fused-ring (bicyclic) bond motifs is 1. The molecule has 0 aliphatic carbocycles. The van der Waals surface area contributed by atoms with Crippen LogP contribution in [-0.4, -0.2) is 12.6 Å². The molecular formula is C10H12NO. The number of hydrogen-bond acceptors (Lipinski definition) is 1. The van der Waals surface area contributed by atoms with E-state index in [2.05, 4.69) is 11.4 Å². The summed E-state index contributed by atoms with van der Waals surface area (Å²) >= 11 is 0. The Morgan fingerprint density at radius 1 is 1.42 bits per heavy atom. The van der Waals surface area contributed by atoms with Gasteiger partial charge in [-0.2, -0.15) is 0 Å². The maximum Gasteiger partial charge on any atom is 0.102 e. The smallest absolute Gasteiger partial charge is 0.102 e. The van der Waals surface area contributed by atoms with Crippen LogP contribution in [0.3, 0.4) is 0 Å². The number of anilines is 1. The van der Waals surface area contributed by atoms with Crippen molar-refractivity contribution in [1.82, 2.24) is 0 Å². The molecule has 12 heavy (non-hydrogen) atoms. The fraction of sp³-hybridized carbons (Fsp3) is 0.400. The van der Waals surface area contributed by atoms with Gasteiger partial charge in [-0.25, -0.2) is 5.11 Å². The minimum absolute atomic E-state index is 0.0195. The standard InChI is InChI=1S/C10H12NO/c12-7-9-6-5-8-3-1-2-4-10(8)11-9/h1-4,9,11H,5-7H2. The molecule has 2 heteroatoms. The predicted molar refractivity (Wildman–Crippen MR) is 47.7 cm³/mol. The molecule has 1 N–H and O–H groups in total. The van der Waals surface area contributed by atoms with Crippen molar-refractivity contribution in [3.05, 3.63) is 29.8 Å². The zero-order valence-corrected chi connectivity index (χ0v) is 6.92. The second kappa shape index (κ2) is 3.15. The summed E-state index contributed by atoms with van der Waals surface area (Å²) in [6.45, 7) is -0.0195. The molecule has 2 rings (SSSR count). The monoisotopic (exact) mass is 162 g/mol. The summed E-state index contributed by atoms with van der Waals surface area (Å²) < 4.78 is 0. The van der Waals surface area contributed by atoms with Crippen LogP contribution in [0, 0.1) is 0 Å². The molecule has 1 heterocycles. The summed E-state index contributed by atoms with van der Waals surface area (Å²) in [5.41, 5.74) is 2.48. The first-order valence-corrected chi connectivity index (χ1v) is 4.32. The maximum atomic E-state index is 10.6. The quantitative estimate of drug-likeness (QED) is 0.671. The van der Waals surface area contributed by atoms with Gasteiger partial charge in [0, 0.05) is 5.69 Å². The summed E-state index contributed by atoms with van der Waals surface area (Å²) in [5.74, 6) is 0. The van der Waals surface area contributed by atoms with Crippen molar-refractivity contribution in [3.8, 4) is 0 Å². The molecule has 1 aromatic carbocycles. The third-order valence-corrected chi connectivity index (χ3v) is 2.34. The van der Waals surface area contributed by atoms with Crippen molar-refractivity contribution in [1.29, 1.82) is 0 Å². The lowest BCUT2D eigenvalue weighted by Crippen LogP contribution is -2.28. The minimum atomic E-state index is -0.0195. The summed E-state index contributed by atoms with van der Waals surface area (Å²) in [6.07, 6.45) is 2.01. The number of hydrogen-bond donors (Lipinski definition) is 1. The third-order valence-electron chi connectivity index (χ3n) is 2.34. The van der Waals surface area contributed by atoms with Gasteiger partial charge >= 0.3 is 0 Å². The van der Waals surface area contributed by atoms with Crippen molar-refractivity contribution < 1.29 is 5.11 Å². The van der Waals surface area contributed by atoms with Crippen LogP contribution >= 0.6 is 0 Å². The molecule has 0 bridgehead atoms. The number of para-hydroxylation sites is 1. The first-order valence-electron chi connectivity index (χ1n) is 4.32. The molecule has 0 amide bonds. The topological polar surface area (TPSA) is 31.9 Å². The zero-order chi connectivity index (χ0) is 8.39. The highest BCUT2D eigenvalue weighted by molar-refractivity contribution is 5.53. The molecule has 0 aromatic heterocycles. The van der Waals surface area contributed by atoms with Gasteiger partial charge in [-0.15, -0.1) is 0 Å². The third kappa shape index (κ3) is 1.30. The largest absolute Gasteiger partial charge is 0.380 e. The van der Waals surface area contributed by atoms with E-state index in [9.17, 15) is 5.11 Å². The Balaban J connectivity index is 2.23. The van der Waals surface area contributed by atoms with E-state index in [-0.39, 0.29) is 12.6 Å². The van der Waals surface area contributed by atoms with Crippen LogP contribution in [0.25, 0.3) is 0 Å². The second-order valence-corrected chi connectivity index (χ2v) is 3.20. The fourth-order valence-corrected chi connectivity index (χ4v) is 1.63. The van der Waals surface area contributed by atoms with E-state index in [0.29, 0.717) is 0 Å². The lowest BCUT2D eigenvalue weighted by molar-refractivity contribution is 0.175. The van der Waals surface area contributed by atoms with Crippen molar-refractivity contribution >= 4 is 5.69 Å². The lowest BCUT2D eigenvalue weighted by Gasteiger charge is -2.24. The Kier molecular flexibility index (Phi) is 2.00. The van der Waals surface area contributed by atoms with Gasteiger partial charge in [-0.3, -0.25) is 0 Å². The van der Waals surface area contributed by atoms with E-state index >= 15 is 0 Å². The highest BCUT2D eigenvalue weighted by Crippen LogP contribution is 2.23. The Morgan fingerprint density at radius 2 is 2.25 bits per heavy atom. The Morgan fingerprint density at radius 3 is 3.08 bits per heavy atom. The molecule has 0 saturated carbocycles. The lowest BCUT2D eigenvalue weighted by atomic mass is 9.99. The Bertz CT molecular complexity index is 272. The molecule has 63 valence electrons. The van der Waals surface area contributed by atoms with Crippen LogP contribution in [0.1, 0.15) is 12.0 Å². The molecule has 0 saturated heterocycles. The summed E-state index contributed by atoms with van der Waals surface area (Å²) in [5, 5.41) is 13.9. The zero-order valence-electron chi connectivity index (χ0n) is 6.92. The molecular weight excluding hydrogens is 150 g/mol. The van der Waals surface area contributed by atoms with Gasteiger partial charge in [0.25, 0.3) is 0 Å². The molecule has 1 aromatic rings. The second-order valence-electron chi connectivity index (χ2n) is 3.20. The van der Waals surface area contributed by atoms with Gasteiger partial charge < -0.3 is 5.32 Å². The summed E-state index contributed by atoms with van der Waals surface area (Å²) in [7, 11) is 0. The van der Waals surface area contributed by atoms with Crippen LogP contribution in [0.5, 0.6) is 0 Å². The van der Waals surface area contributed by atoms with Gasteiger partial charge in [0.15, 0.2) is 0 Å². The van der Waals surface area contributed by atoms with Gasteiger partial charge in [-0.1, -0.05) is 18.2 Å². The molecule has 0 fully saturated rings. The van der Waals surface area contributed by atoms with Crippen molar-refractivity contribution in [2.75, 3.05) is 11.9 Å². The molecule has 0 spiro atoms. The summed E-state index contributed by atoms with van der Waals surface area (Å²) in [6, 6.07) is 8.33. The highest BCUT2D eigenvalue weighted by atomic mass is 16.3. The van der Waals surface area contributed by atoms with Crippen molar-refractivity contribution in [2.24, 2.45) is 0 Å². The first kappa shape index (κ1) is 7.62. The van der Waals surface area contributed by atoms with Crippen LogP contribution in [0.2, 0.25) is 0 Å². The maximum absolute atomic E-state index is 10.6. The van der Waals surface area contributed by atoms with Gasteiger partial charge in [-0.05, 0) is 24.5 Å². The van der Waals surface area contributed by atoms with Gasteiger partial charge in [0.2, 0.25) is 0 Å². The van der Waals surface area contributed by atoms with E-state index in [1.54, 1.807) is 0 Å². The molecule has 1 unspecified atom stereocenters. The number of rotatable bonds is 1. The Labute approximate surface area is 72.2 Å². The highest BCUT2D eigenvalue weighted by Gasteiger charge is 2.15. The average molecular weight is 162 g/mol. The molecule has 1 aliphatic rings. The molecule has 1 atom stereocenters. The predicted octanol–water partition coefficient (Wildman–Crippen LogP) is 1.84. The average Bonchev–Trinajstić information content (AvgIpc) is 2.17. The van der Waals surface area contributed by atoms with Crippen LogP contribution < -0.4 is 5.32 Å². The van der Waals surface area contributed by atoms with Gasteiger partial charge in [0.05, 0.1) is 6.04 Å². The first-order chi connectivity index (χ1) is 5.90. The molecule has 1 radical (unpaired) electrons. The SMILES string of the molecule is [O]CC1CCc2ccccc2N1. The van der Waals surface area contributed by atoms with Crippen molar-refractivity contribution in [2.45, 2.75) is 18.9 Å². The van der Waals surface area contributed by atoms with Crippen LogP contribution in [0.15, 0.2) is 24.3 Å². The number of nitrogens with one attached hydrogen (secondary N) is 1. The van der Waals surface area contributed by atoms with E-state index in [1.807, 2.05) is 18.2 Å². The van der Waals surface area contributed by atoms with Crippen LogP contribution in [-0.2, 0) is 11.5 Å². The van der Waals surface area contributed by atoms with E-state index in [0.717, 1.165) is 18.5 Å². The summed E-state index contributed by atoms with van der Waals surface area (Å²) in [4.78, 5) is 0.